The third-order valence-corrected chi connectivity index (χ3v) is 5.43. The summed E-state index contributed by atoms with van der Waals surface area (Å²) in [5, 5.41) is 8.96. The lowest BCUT2D eigenvalue weighted by molar-refractivity contribution is -0.118. The highest BCUT2D eigenvalue weighted by Crippen LogP contribution is 2.36. The van der Waals surface area contributed by atoms with Gasteiger partial charge in [-0.25, -0.2) is 14.8 Å². The molecule has 2 aliphatic rings. The monoisotopic (exact) mass is 465 g/mol. The predicted octanol–water partition coefficient (Wildman–Crippen LogP) is 6.20. The van der Waals surface area contributed by atoms with Crippen molar-refractivity contribution in [3.05, 3.63) is 41.7 Å². The SMILES string of the molecule is CC(C)c1ccc(N(CC(F)(F)F)c2ncc(C(=O)O)cn2)cc1OCC1CC1.CC1CC1. The van der Waals surface area contributed by atoms with E-state index in [1.807, 2.05) is 13.8 Å². The first-order valence-electron chi connectivity index (χ1n) is 11.2. The van der Waals surface area contributed by atoms with E-state index in [9.17, 15) is 18.0 Å². The highest BCUT2D eigenvalue weighted by Gasteiger charge is 2.33. The van der Waals surface area contributed by atoms with E-state index in [4.69, 9.17) is 9.84 Å². The van der Waals surface area contributed by atoms with Crippen molar-refractivity contribution in [3.63, 3.8) is 0 Å². The lowest BCUT2D eigenvalue weighted by atomic mass is 10.0. The van der Waals surface area contributed by atoms with Crippen molar-refractivity contribution in [3.8, 4) is 5.75 Å². The molecule has 0 aliphatic heterocycles. The number of aromatic carboxylic acids is 1. The Bertz CT molecular complexity index is 940. The summed E-state index contributed by atoms with van der Waals surface area (Å²) in [6.45, 7) is 5.47. The van der Waals surface area contributed by atoms with Gasteiger partial charge >= 0.3 is 12.1 Å². The maximum Gasteiger partial charge on any atom is 0.406 e. The van der Waals surface area contributed by atoms with Gasteiger partial charge in [0.2, 0.25) is 5.95 Å². The van der Waals surface area contributed by atoms with Crippen LogP contribution in [0, 0.1) is 11.8 Å². The van der Waals surface area contributed by atoms with Crippen LogP contribution in [0.1, 0.15) is 68.3 Å². The van der Waals surface area contributed by atoms with E-state index in [0.29, 0.717) is 18.3 Å². The van der Waals surface area contributed by atoms with Gasteiger partial charge in [-0.05, 0) is 42.2 Å². The first-order chi connectivity index (χ1) is 15.5. The van der Waals surface area contributed by atoms with Crippen LogP contribution in [0.3, 0.4) is 0 Å². The number of ether oxygens (including phenoxy) is 1. The number of rotatable bonds is 8. The number of halogens is 3. The highest BCUT2D eigenvalue weighted by atomic mass is 19.4. The van der Waals surface area contributed by atoms with Gasteiger partial charge in [0.25, 0.3) is 0 Å². The lowest BCUT2D eigenvalue weighted by Crippen LogP contribution is -2.32. The van der Waals surface area contributed by atoms with Crippen molar-refractivity contribution in [2.45, 2.75) is 58.5 Å². The zero-order valence-corrected chi connectivity index (χ0v) is 19.1. The van der Waals surface area contributed by atoms with Crippen LogP contribution < -0.4 is 9.64 Å². The first kappa shape index (κ1) is 24.8. The second kappa shape index (κ2) is 10.4. The third kappa shape index (κ3) is 7.91. The third-order valence-electron chi connectivity index (χ3n) is 5.43. The largest absolute Gasteiger partial charge is 0.493 e. The number of nitrogens with zero attached hydrogens (tertiary/aromatic N) is 3. The molecule has 1 N–H and O–H groups in total. The number of carboxylic acids is 1. The number of anilines is 2. The first-order valence-corrected chi connectivity index (χ1v) is 11.2. The summed E-state index contributed by atoms with van der Waals surface area (Å²) in [4.78, 5) is 19.5. The molecule has 1 heterocycles. The topological polar surface area (TPSA) is 75.6 Å². The van der Waals surface area contributed by atoms with E-state index in [1.54, 1.807) is 18.2 Å². The molecule has 4 rings (SSSR count). The summed E-state index contributed by atoms with van der Waals surface area (Å²) in [5.74, 6) is 0.768. The minimum atomic E-state index is -4.51. The fraction of sp³-hybridized carbons (Fsp3) is 0.542. The highest BCUT2D eigenvalue weighted by molar-refractivity contribution is 5.86. The van der Waals surface area contributed by atoms with Gasteiger partial charge in [-0.1, -0.05) is 39.7 Å². The Morgan fingerprint density at radius 1 is 1.18 bits per heavy atom. The van der Waals surface area contributed by atoms with Crippen LogP contribution in [-0.4, -0.2) is 40.4 Å². The number of carbonyl (C=O) groups is 1. The molecule has 0 atom stereocenters. The van der Waals surface area contributed by atoms with Crippen LogP contribution in [0.4, 0.5) is 24.8 Å². The van der Waals surface area contributed by atoms with E-state index in [-0.39, 0.29) is 23.1 Å². The molecule has 2 saturated carbocycles. The van der Waals surface area contributed by atoms with Crippen molar-refractivity contribution in [2.24, 2.45) is 11.8 Å². The molecule has 9 heteroatoms. The Kier molecular flexibility index (Phi) is 7.81. The summed E-state index contributed by atoms with van der Waals surface area (Å²) < 4.78 is 45.6. The second-order valence-electron chi connectivity index (χ2n) is 9.09. The molecule has 0 spiro atoms. The van der Waals surface area contributed by atoms with Crippen molar-refractivity contribution in [1.82, 2.24) is 9.97 Å². The molecule has 2 fully saturated rings. The lowest BCUT2D eigenvalue weighted by Gasteiger charge is -2.25. The Balaban J connectivity index is 0.000000690. The summed E-state index contributed by atoms with van der Waals surface area (Å²) in [6, 6.07) is 4.88. The molecule has 180 valence electrons. The molecule has 0 unspecified atom stereocenters. The van der Waals surface area contributed by atoms with Gasteiger partial charge < -0.3 is 14.7 Å². The summed E-state index contributed by atoms with van der Waals surface area (Å²) >= 11 is 0. The summed E-state index contributed by atoms with van der Waals surface area (Å²) in [6.07, 6.45) is 2.63. The number of hydrogen-bond acceptors (Lipinski definition) is 5. The van der Waals surface area contributed by atoms with Gasteiger partial charge in [-0.2, -0.15) is 13.2 Å². The van der Waals surface area contributed by atoms with Crippen LogP contribution in [0.5, 0.6) is 5.75 Å². The normalized spacial score (nSPS) is 15.6. The van der Waals surface area contributed by atoms with Crippen LogP contribution in [0.2, 0.25) is 0 Å². The minimum absolute atomic E-state index is 0.139. The van der Waals surface area contributed by atoms with Gasteiger partial charge in [0, 0.05) is 24.1 Å². The number of aromatic nitrogens is 2. The molecular weight excluding hydrogens is 435 g/mol. The molecular formula is C24H30F3N3O3. The van der Waals surface area contributed by atoms with E-state index >= 15 is 0 Å². The van der Waals surface area contributed by atoms with E-state index in [2.05, 4.69) is 16.9 Å². The number of benzene rings is 1. The zero-order valence-electron chi connectivity index (χ0n) is 19.1. The summed E-state index contributed by atoms with van der Waals surface area (Å²) in [7, 11) is 0. The average molecular weight is 466 g/mol. The Morgan fingerprint density at radius 3 is 2.24 bits per heavy atom. The second-order valence-corrected chi connectivity index (χ2v) is 9.09. The molecule has 0 saturated heterocycles. The zero-order chi connectivity index (χ0) is 24.2. The molecule has 1 aromatic carbocycles. The van der Waals surface area contributed by atoms with Crippen LogP contribution in [0.15, 0.2) is 30.6 Å². The van der Waals surface area contributed by atoms with Crippen molar-refractivity contribution in [2.75, 3.05) is 18.1 Å². The minimum Gasteiger partial charge on any atom is -0.493 e. The standard InChI is InChI=1S/C20H22F3N3O3.C4H8/c1-12(2)16-6-5-15(7-17(16)29-10-13-3-4-13)26(11-20(21,22)23)19-24-8-14(9-25-19)18(27)28;1-4-2-3-4/h5-9,12-13H,3-4,10-11H2,1-2H3,(H,27,28);4H,2-3H2,1H3. The van der Waals surface area contributed by atoms with Crippen molar-refractivity contribution >= 4 is 17.6 Å². The van der Waals surface area contributed by atoms with E-state index in [0.717, 1.165) is 41.6 Å². The number of alkyl halides is 3. The van der Waals surface area contributed by atoms with Crippen LogP contribution in [-0.2, 0) is 0 Å². The molecule has 6 nitrogen and oxygen atoms in total. The Labute approximate surface area is 191 Å². The quantitative estimate of drug-likeness (QED) is 0.500. The van der Waals surface area contributed by atoms with Gasteiger partial charge in [-0.3, -0.25) is 0 Å². The van der Waals surface area contributed by atoms with Gasteiger partial charge in [0.05, 0.1) is 12.2 Å². The average Bonchev–Trinajstić information content (AvgIpc) is 3.68. The smallest absolute Gasteiger partial charge is 0.406 e. The maximum absolute atomic E-state index is 13.2. The molecule has 2 aromatic rings. The fourth-order valence-corrected chi connectivity index (χ4v) is 2.98. The van der Waals surface area contributed by atoms with E-state index < -0.39 is 18.7 Å². The molecule has 0 amide bonds. The van der Waals surface area contributed by atoms with Crippen LogP contribution >= 0.6 is 0 Å². The molecule has 0 bridgehead atoms. The van der Waals surface area contributed by atoms with Crippen molar-refractivity contribution < 1.29 is 27.8 Å². The summed E-state index contributed by atoms with van der Waals surface area (Å²) in [5.41, 5.74) is 0.924. The molecule has 2 aliphatic carbocycles. The van der Waals surface area contributed by atoms with Gasteiger partial charge in [0.1, 0.15) is 12.3 Å². The van der Waals surface area contributed by atoms with Gasteiger partial charge in [-0.15, -0.1) is 0 Å². The van der Waals surface area contributed by atoms with Crippen LogP contribution in [0.25, 0.3) is 0 Å². The fourth-order valence-electron chi connectivity index (χ4n) is 2.98. The van der Waals surface area contributed by atoms with Gasteiger partial charge in [0.15, 0.2) is 0 Å². The predicted molar refractivity (Wildman–Crippen MR) is 119 cm³/mol. The molecule has 33 heavy (non-hydrogen) atoms. The van der Waals surface area contributed by atoms with E-state index in [1.165, 1.54) is 12.8 Å². The Morgan fingerprint density at radius 2 is 1.79 bits per heavy atom. The maximum atomic E-state index is 13.2. The molecule has 0 radical (unpaired) electrons. The Hall–Kier alpha value is -2.84. The number of hydrogen-bond donors (Lipinski definition) is 1. The molecule has 1 aromatic heterocycles. The number of carboxylic acid groups (broad SMARTS) is 1. The van der Waals surface area contributed by atoms with Crippen molar-refractivity contribution in [1.29, 1.82) is 0 Å².